The molecule has 4 atom stereocenters. The van der Waals surface area contributed by atoms with Gasteiger partial charge in [-0.3, -0.25) is 9.69 Å². The molecule has 1 fully saturated rings. The van der Waals surface area contributed by atoms with Gasteiger partial charge in [-0.2, -0.15) is 0 Å². The Hall–Kier alpha value is -2.09. The number of rotatable bonds is 3. The lowest BCUT2D eigenvalue weighted by atomic mass is 9.78. The smallest absolute Gasteiger partial charge is 0.329 e. The van der Waals surface area contributed by atoms with Crippen molar-refractivity contribution in [2.45, 2.75) is 44.9 Å². The van der Waals surface area contributed by atoms with Gasteiger partial charge in [0.05, 0.1) is 5.69 Å². The summed E-state index contributed by atoms with van der Waals surface area (Å²) in [5.41, 5.74) is -1.18. The van der Waals surface area contributed by atoms with Crippen LogP contribution in [0.3, 0.4) is 0 Å². The fourth-order valence-corrected chi connectivity index (χ4v) is 5.01. The largest absolute Gasteiger partial charge is 0.359 e. The van der Waals surface area contributed by atoms with Crippen molar-refractivity contribution in [1.29, 1.82) is 0 Å². The molecule has 8 heteroatoms. The number of carbonyl (C=O) groups is 2. The fourth-order valence-electron chi connectivity index (χ4n) is 4.53. The van der Waals surface area contributed by atoms with Crippen molar-refractivity contribution in [3.05, 3.63) is 57.5 Å². The highest BCUT2D eigenvalue weighted by Gasteiger charge is 2.52. The molecule has 0 radical (unpaired) electrons. The van der Waals surface area contributed by atoms with Gasteiger partial charge in [-0.05, 0) is 60.7 Å². The molecule has 1 aliphatic heterocycles. The van der Waals surface area contributed by atoms with Gasteiger partial charge >= 0.3 is 6.03 Å². The zero-order valence-electron chi connectivity index (χ0n) is 17.4. The summed E-state index contributed by atoms with van der Waals surface area (Å²) in [5, 5.41) is 18.3. The predicted octanol–water partition coefficient (Wildman–Crippen LogP) is 5.24. The lowest BCUT2D eigenvalue weighted by Crippen LogP contribution is -2.64. The summed E-state index contributed by atoms with van der Waals surface area (Å²) in [7, 11) is 0. The topological polar surface area (TPSA) is 81.7 Å². The van der Waals surface area contributed by atoms with E-state index < -0.39 is 17.7 Å². The maximum atomic E-state index is 13.7. The van der Waals surface area contributed by atoms with E-state index in [1.54, 1.807) is 42.5 Å². The predicted molar refractivity (Wildman–Crippen MR) is 125 cm³/mol. The number of halogens is 2. The number of nitrogens with zero attached hydrogens (tertiary/aromatic N) is 1. The van der Waals surface area contributed by atoms with Gasteiger partial charge in [0.15, 0.2) is 0 Å². The Kier molecular flexibility index (Phi) is 6.03. The first kappa shape index (κ1) is 22.1. The third kappa shape index (κ3) is 3.95. The van der Waals surface area contributed by atoms with Gasteiger partial charge in [0.1, 0.15) is 0 Å². The Balaban J connectivity index is 1.80. The van der Waals surface area contributed by atoms with Crippen molar-refractivity contribution in [2.24, 2.45) is 11.8 Å². The molecule has 1 heterocycles. The summed E-state index contributed by atoms with van der Waals surface area (Å²) < 4.78 is 0.685. The van der Waals surface area contributed by atoms with Crippen molar-refractivity contribution in [2.75, 3.05) is 10.2 Å². The van der Waals surface area contributed by atoms with Crippen LogP contribution in [0.1, 0.15) is 38.7 Å². The van der Waals surface area contributed by atoms with Crippen LogP contribution in [0.15, 0.2) is 46.9 Å². The molecule has 6 nitrogen and oxygen atoms in total. The molecule has 0 aromatic heterocycles. The molecule has 1 saturated carbocycles. The molecule has 0 unspecified atom stereocenters. The molecule has 164 valence electrons. The van der Waals surface area contributed by atoms with Crippen molar-refractivity contribution in [3.8, 4) is 0 Å². The van der Waals surface area contributed by atoms with E-state index in [1.165, 1.54) is 0 Å². The van der Waals surface area contributed by atoms with Crippen LogP contribution in [-0.2, 0) is 10.5 Å². The van der Waals surface area contributed by atoms with E-state index in [-0.39, 0.29) is 12.0 Å². The van der Waals surface area contributed by atoms with Crippen LogP contribution in [0.2, 0.25) is 5.02 Å². The van der Waals surface area contributed by atoms with Crippen LogP contribution in [0.25, 0.3) is 0 Å². The van der Waals surface area contributed by atoms with E-state index in [0.717, 1.165) is 24.2 Å². The molecule has 0 spiro atoms. The second-order valence-electron chi connectivity index (χ2n) is 8.45. The average Bonchev–Trinajstić information content (AvgIpc) is 2.73. The molecule has 2 aliphatic rings. The first-order valence-corrected chi connectivity index (χ1v) is 11.6. The lowest BCUT2D eigenvalue weighted by molar-refractivity contribution is -0.141. The van der Waals surface area contributed by atoms with Gasteiger partial charge in [-0.1, -0.05) is 54.2 Å². The van der Waals surface area contributed by atoms with Crippen molar-refractivity contribution in [1.82, 2.24) is 5.32 Å². The minimum absolute atomic E-state index is 0.0760. The van der Waals surface area contributed by atoms with E-state index in [9.17, 15) is 14.7 Å². The zero-order chi connectivity index (χ0) is 22.3. The summed E-state index contributed by atoms with van der Waals surface area (Å²) >= 11 is 9.43. The number of aliphatic hydroxyl groups is 1. The SMILES string of the molecule is C[C@@H]1[C@H](C)CCC[C@@H]1NC(=O)[C@@]1(O)c2cc(Br)ccc2NC(=O)N1c1ccc(Cl)cc1. The summed E-state index contributed by atoms with van der Waals surface area (Å²) in [5.74, 6) is 0.115. The minimum atomic E-state index is -2.23. The fraction of sp³-hybridized carbons (Fsp3) is 0.391. The van der Waals surface area contributed by atoms with Crippen LogP contribution in [0.4, 0.5) is 16.2 Å². The van der Waals surface area contributed by atoms with Crippen LogP contribution < -0.4 is 15.5 Å². The molecular weight excluding hydrogens is 482 g/mol. The minimum Gasteiger partial charge on any atom is -0.359 e. The van der Waals surface area contributed by atoms with Crippen molar-refractivity contribution < 1.29 is 14.7 Å². The van der Waals surface area contributed by atoms with Gasteiger partial charge < -0.3 is 15.7 Å². The first-order chi connectivity index (χ1) is 14.7. The maximum Gasteiger partial charge on any atom is 0.329 e. The Morgan fingerprint density at radius 1 is 1.23 bits per heavy atom. The molecule has 3 amide bonds. The van der Waals surface area contributed by atoms with Crippen molar-refractivity contribution >= 4 is 50.8 Å². The molecule has 4 rings (SSSR count). The Labute approximate surface area is 195 Å². The number of hydrogen-bond donors (Lipinski definition) is 3. The lowest BCUT2D eigenvalue weighted by Gasteiger charge is -2.44. The number of nitrogens with one attached hydrogen (secondary N) is 2. The Morgan fingerprint density at radius 3 is 2.65 bits per heavy atom. The average molecular weight is 507 g/mol. The van der Waals surface area contributed by atoms with Gasteiger partial charge in [0.25, 0.3) is 11.6 Å². The number of carbonyl (C=O) groups excluding carboxylic acids is 2. The number of fused-ring (bicyclic) bond motifs is 1. The van der Waals surface area contributed by atoms with Crippen LogP contribution in [0.5, 0.6) is 0 Å². The quantitative estimate of drug-likeness (QED) is 0.532. The van der Waals surface area contributed by atoms with Gasteiger partial charge in [0.2, 0.25) is 0 Å². The molecule has 3 N–H and O–H groups in total. The van der Waals surface area contributed by atoms with E-state index in [2.05, 4.69) is 40.4 Å². The molecule has 2 aromatic carbocycles. The highest BCUT2D eigenvalue weighted by molar-refractivity contribution is 9.10. The molecule has 0 saturated heterocycles. The monoisotopic (exact) mass is 505 g/mol. The van der Waals surface area contributed by atoms with Crippen molar-refractivity contribution in [3.63, 3.8) is 0 Å². The summed E-state index contributed by atoms with van der Waals surface area (Å²) in [4.78, 5) is 27.9. The summed E-state index contributed by atoms with van der Waals surface area (Å²) in [6, 6.07) is 10.8. The second-order valence-corrected chi connectivity index (χ2v) is 9.80. The van der Waals surface area contributed by atoms with Gasteiger partial charge in [-0.25, -0.2) is 4.79 Å². The zero-order valence-corrected chi connectivity index (χ0v) is 19.7. The summed E-state index contributed by atoms with van der Waals surface area (Å²) in [6.07, 6.45) is 2.97. The van der Waals surface area contributed by atoms with Crippen LogP contribution in [0, 0.1) is 11.8 Å². The number of amides is 3. The number of hydrogen-bond acceptors (Lipinski definition) is 3. The van der Waals surface area contributed by atoms with Gasteiger partial charge in [-0.15, -0.1) is 0 Å². The van der Waals surface area contributed by atoms with Crippen LogP contribution in [-0.4, -0.2) is 23.1 Å². The number of anilines is 2. The van der Waals surface area contributed by atoms with Crippen LogP contribution >= 0.6 is 27.5 Å². The number of benzene rings is 2. The first-order valence-electron chi connectivity index (χ1n) is 10.4. The third-order valence-electron chi connectivity index (χ3n) is 6.55. The third-order valence-corrected chi connectivity index (χ3v) is 7.30. The highest BCUT2D eigenvalue weighted by Crippen LogP contribution is 2.42. The van der Waals surface area contributed by atoms with E-state index in [4.69, 9.17) is 11.6 Å². The van der Waals surface area contributed by atoms with E-state index in [1.807, 2.05) is 0 Å². The molecular formula is C23H25BrClN3O3. The molecule has 31 heavy (non-hydrogen) atoms. The summed E-state index contributed by atoms with van der Waals surface area (Å²) in [6.45, 7) is 4.30. The second kappa shape index (κ2) is 8.45. The van der Waals surface area contributed by atoms with E-state index >= 15 is 0 Å². The van der Waals surface area contributed by atoms with E-state index in [0.29, 0.717) is 32.4 Å². The Morgan fingerprint density at radius 2 is 1.94 bits per heavy atom. The molecule has 2 aromatic rings. The molecule has 0 bridgehead atoms. The molecule has 1 aliphatic carbocycles. The standard InChI is InChI=1S/C23H25BrClN3O3/c1-13-4-3-5-19(14(13)2)26-21(29)23(31)18-12-15(24)6-11-20(18)27-22(30)28(23)17-9-7-16(25)8-10-17/h6-14,19,31H,3-5H2,1-2H3,(H,26,29)(H,27,30)/t13-,14-,19+,23+/m1/s1. The maximum absolute atomic E-state index is 13.7. The highest BCUT2D eigenvalue weighted by atomic mass is 79.9. The Bertz CT molecular complexity index is 1020. The van der Waals surface area contributed by atoms with Gasteiger partial charge in [0, 0.05) is 26.8 Å². The normalized spacial score (nSPS) is 28.0. The number of urea groups is 1.